The van der Waals surface area contributed by atoms with Crippen molar-refractivity contribution in [2.45, 2.75) is 24.9 Å². The zero-order valence-electron chi connectivity index (χ0n) is 22.6. The third-order valence-electron chi connectivity index (χ3n) is 6.42. The summed E-state index contributed by atoms with van der Waals surface area (Å²) >= 11 is 0. The molecule has 0 saturated carbocycles. The Balaban J connectivity index is 0.000000279. The third kappa shape index (κ3) is 7.12. The number of carbonyl (C=O) groups excluding carboxylic acids is 1. The number of nitrogens with two attached hydrogens (primary N) is 2. The van der Waals surface area contributed by atoms with Crippen LogP contribution in [0.5, 0.6) is 0 Å². The van der Waals surface area contributed by atoms with E-state index in [0.29, 0.717) is 22.5 Å². The third-order valence-corrected chi connectivity index (χ3v) is 7.39. The zero-order chi connectivity index (χ0) is 30.7. The first kappa shape index (κ1) is 30.2. The van der Waals surface area contributed by atoms with Gasteiger partial charge in [-0.15, -0.1) is 0 Å². The summed E-state index contributed by atoms with van der Waals surface area (Å²) in [6.45, 7) is 3.63. The van der Waals surface area contributed by atoms with Gasteiger partial charge in [-0.3, -0.25) is 4.79 Å². The molecule has 4 aromatic carbocycles. The lowest BCUT2D eigenvalue weighted by atomic mass is 10.0. The van der Waals surface area contributed by atoms with Crippen LogP contribution >= 0.6 is 0 Å². The number of aryl methyl sites for hydroxylation is 2. The van der Waals surface area contributed by atoms with Crippen LogP contribution in [-0.2, 0) is 16.2 Å². The number of alkyl halides is 3. The van der Waals surface area contributed by atoms with Crippen LogP contribution in [0.1, 0.15) is 27.0 Å². The van der Waals surface area contributed by atoms with Crippen molar-refractivity contribution in [3.05, 3.63) is 119 Å². The van der Waals surface area contributed by atoms with Gasteiger partial charge in [0.15, 0.2) is 0 Å². The van der Waals surface area contributed by atoms with Crippen molar-refractivity contribution in [2.24, 2.45) is 5.14 Å². The van der Waals surface area contributed by atoms with Crippen molar-refractivity contribution in [3.63, 3.8) is 0 Å². The zero-order valence-corrected chi connectivity index (χ0v) is 23.4. The maximum Gasteiger partial charge on any atom is 0.416 e. The van der Waals surface area contributed by atoms with Crippen LogP contribution in [0.2, 0.25) is 0 Å². The molecule has 0 aliphatic rings. The molecule has 7 nitrogen and oxygen atoms in total. The second-order valence-electron chi connectivity index (χ2n) is 9.52. The minimum atomic E-state index is -4.52. The van der Waals surface area contributed by atoms with Crippen LogP contribution in [0.3, 0.4) is 0 Å². The molecule has 1 amide bonds. The van der Waals surface area contributed by atoms with Gasteiger partial charge >= 0.3 is 6.18 Å². The smallest absolute Gasteiger partial charge is 0.383 e. The highest BCUT2D eigenvalue weighted by Gasteiger charge is 2.31. The molecule has 1 heterocycles. The normalized spacial score (nSPS) is 11.5. The Labute approximate surface area is 241 Å². The Kier molecular flexibility index (Phi) is 8.64. The SMILES string of the molecule is Cc1ccc(C(F)(F)F)cc1NC(=O)c1ccc(-c2ccccc2S(N)(=O)=O)cc1.Cc1ccc2ccnc(N)c2c1. The van der Waals surface area contributed by atoms with E-state index in [9.17, 15) is 26.4 Å². The van der Waals surface area contributed by atoms with E-state index in [0.717, 1.165) is 22.9 Å². The molecule has 0 aliphatic carbocycles. The number of aromatic nitrogens is 1. The van der Waals surface area contributed by atoms with Crippen molar-refractivity contribution < 1.29 is 26.4 Å². The van der Waals surface area contributed by atoms with Gasteiger partial charge in [-0.1, -0.05) is 54.1 Å². The van der Waals surface area contributed by atoms with Crippen LogP contribution in [0.25, 0.3) is 21.9 Å². The molecule has 5 rings (SSSR count). The van der Waals surface area contributed by atoms with Crippen molar-refractivity contribution >= 4 is 38.2 Å². The largest absolute Gasteiger partial charge is 0.416 e. The first-order chi connectivity index (χ1) is 19.7. The van der Waals surface area contributed by atoms with Gasteiger partial charge in [0.25, 0.3) is 5.91 Å². The van der Waals surface area contributed by atoms with E-state index in [-0.39, 0.29) is 16.1 Å². The first-order valence-corrected chi connectivity index (χ1v) is 14.1. The minimum Gasteiger partial charge on any atom is -0.383 e. The summed E-state index contributed by atoms with van der Waals surface area (Å²) in [7, 11) is -3.94. The van der Waals surface area contributed by atoms with Crippen molar-refractivity contribution in [3.8, 4) is 11.1 Å². The average Bonchev–Trinajstić information content (AvgIpc) is 2.94. The Bertz CT molecular complexity index is 1870. The molecule has 5 aromatic rings. The topological polar surface area (TPSA) is 128 Å². The van der Waals surface area contributed by atoms with E-state index >= 15 is 0 Å². The number of pyridine rings is 1. The van der Waals surface area contributed by atoms with Crippen LogP contribution < -0.4 is 16.2 Å². The Morgan fingerprint density at radius 3 is 2.24 bits per heavy atom. The number of nitrogens with one attached hydrogen (secondary N) is 1. The number of anilines is 2. The fourth-order valence-corrected chi connectivity index (χ4v) is 4.95. The van der Waals surface area contributed by atoms with Gasteiger partial charge in [-0.25, -0.2) is 18.5 Å². The average molecular weight is 593 g/mol. The molecular weight excluding hydrogens is 565 g/mol. The maximum atomic E-state index is 12.9. The fraction of sp³-hybridized carbons (Fsp3) is 0.0968. The predicted octanol–water partition coefficient (Wildman–Crippen LogP) is 6.71. The molecule has 0 unspecified atom stereocenters. The quantitative estimate of drug-likeness (QED) is 0.214. The number of primary sulfonamides is 1. The summed E-state index contributed by atoms with van der Waals surface area (Å²) in [5.41, 5.74) is 7.69. The number of carbonyl (C=O) groups is 1. The number of sulfonamides is 1. The molecule has 0 fully saturated rings. The molecule has 0 spiro atoms. The molecule has 0 bridgehead atoms. The van der Waals surface area contributed by atoms with E-state index in [1.165, 1.54) is 42.0 Å². The summed E-state index contributed by atoms with van der Waals surface area (Å²) in [4.78, 5) is 16.5. The molecule has 216 valence electrons. The lowest BCUT2D eigenvalue weighted by Gasteiger charge is -2.13. The number of nitrogens with zero attached hydrogens (tertiary/aromatic N) is 1. The number of hydrogen-bond donors (Lipinski definition) is 3. The molecule has 0 saturated heterocycles. The first-order valence-electron chi connectivity index (χ1n) is 12.6. The van der Waals surface area contributed by atoms with Gasteiger partial charge in [-0.2, -0.15) is 13.2 Å². The van der Waals surface area contributed by atoms with E-state index < -0.39 is 27.7 Å². The van der Waals surface area contributed by atoms with Crippen LogP contribution in [0.4, 0.5) is 24.7 Å². The van der Waals surface area contributed by atoms with E-state index in [4.69, 9.17) is 10.9 Å². The van der Waals surface area contributed by atoms with Gasteiger partial charge < -0.3 is 11.1 Å². The molecule has 11 heteroatoms. The fourth-order valence-electron chi connectivity index (χ4n) is 4.19. The second kappa shape index (κ2) is 12.0. The minimum absolute atomic E-state index is 0.0539. The number of nitrogen functional groups attached to an aromatic ring is 1. The number of fused-ring (bicyclic) bond motifs is 1. The Hall–Kier alpha value is -4.74. The van der Waals surface area contributed by atoms with Gasteiger partial charge in [0, 0.05) is 28.4 Å². The van der Waals surface area contributed by atoms with Crippen LogP contribution in [0.15, 0.2) is 102 Å². The van der Waals surface area contributed by atoms with Crippen LogP contribution in [0, 0.1) is 13.8 Å². The van der Waals surface area contributed by atoms with Crippen molar-refractivity contribution in [2.75, 3.05) is 11.1 Å². The maximum absolute atomic E-state index is 12.9. The van der Waals surface area contributed by atoms with Crippen molar-refractivity contribution in [1.82, 2.24) is 4.98 Å². The number of amides is 1. The van der Waals surface area contributed by atoms with Crippen molar-refractivity contribution in [1.29, 1.82) is 0 Å². The lowest BCUT2D eigenvalue weighted by Crippen LogP contribution is -2.14. The van der Waals surface area contributed by atoms with Crippen LogP contribution in [-0.4, -0.2) is 19.3 Å². The molecule has 5 N–H and O–H groups in total. The summed E-state index contributed by atoms with van der Waals surface area (Å²) in [5, 5.41) is 9.91. The van der Waals surface area contributed by atoms with E-state index in [1.54, 1.807) is 31.3 Å². The highest BCUT2D eigenvalue weighted by molar-refractivity contribution is 7.89. The number of rotatable bonds is 4. The molecule has 0 aliphatic heterocycles. The molecular formula is C31H27F3N4O3S. The van der Waals surface area contributed by atoms with Gasteiger partial charge in [-0.05, 0) is 72.8 Å². The Morgan fingerprint density at radius 2 is 1.57 bits per heavy atom. The molecule has 42 heavy (non-hydrogen) atoms. The summed E-state index contributed by atoms with van der Waals surface area (Å²) in [6, 6.07) is 23.4. The Morgan fingerprint density at radius 1 is 0.881 bits per heavy atom. The molecule has 0 atom stereocenters. The number of halogens is 3. The summed E-state index contributed by atoms with van der Waals surface area (Å²) in [6.07, 6.45) is -2.79. The summed E-state index contributed by atoms with van der Waals surface area (Å²) in [5.74, 6) is 0.0138. The second-order valence-corrected chi connectivity index (χ2v) is 11.1. The number of benzene rings is 4. The monoisotopic (exact) mass is 592 g/mol. The van der Waals surface area contributed by atoms with E-state index in [2.05, 4.69) is 28.5 Å². The molecule has 1 aromatic heterocycles. The van der Waals surface area contributed by atoms with Gasteiger partial charge in [0.2, 0.25) is 10.0 Å². The highest BCUT2D eigenvalue weighted by atomic mass is 32.2. The highest BCUT2D eigenvalue weighted by Crippen LogP contribution is 2.32. The van der Waals surface area contributed by atoms with Gasteiger partial charge in [0.05, 0.1) is 10.5 Å². The molecule has 0 radical (unpaired) electrons. The summed E-state index contributed by atoms with van der Waals surface area (Å²) < 4.78 is 62.3. The lowest BCUT2D eigenvalue weighted by molar-refractivity contribution is -0.137. The van der Waals surface area contributed by atoms with E-state index in [1.807, 2.05) is 13.0 Å². The standard InChI is InChI=1S/C21H17F3N2O3S.C10H10N2/c1-13-6-11-16(21(22,23)24)12-18(13)26-20(27)15-9-7-14(8-10-15)17-4-2-3-5-19(17)30(25,28)29;1-7-2-3-8-4-5-12-10(11)9(8)6-7/h2-12H,1H3,(H,26,27)(H2,25,28,29);2-6H,1H3,(H2,11,12). The van der Waals surface area contributed by atoms with Gasteiger partial charge in [0.1, 0.15) is 5.82 Å². The predicted molar refractivity (Wildman–Crippen MR) is 158 cm³/mol. The number of hydrogen-bond acceptors (Lipinski definition) is 5.